The van der Waals surface area contributed by atoms with Crippen LogP contribution in [0, 0.1) is 0 Å². The molecular weight excluding hydrogens is 335 g/mol. The predicted octanol–water partition coefficient (Wildman–Crippen LogP) is 1.23. The molecule has 0 saturated carbocycles. The van der Waals surface area contributed by atoms with Crippen molar-refractivity contribution in [2.75, 3.05) is 13.1 Å². The molecule has 2 heterocycles. The third-order valence-corrected chi connectivity index (χ3v) is 6.53. The van der Waals surface area contributed by atoms with Crippen molar-refractivity contribution in [2.24, 2.45) is 5.73 Å². The van der Waals surface area contributed by atoms with E-state index in [1.54, 1.807) is 0 Å². The molecule has 2 rings (SSSR count). The van der Waals surface area contributed by atoms with Crippen LogP contribution in [0.4, 0.5) is 0 Å². The van der Waals surface area contributed by atoms with Crippen LogP contribution < -0.4 is 5.73 Å². The molecule has 1 aromatic heterocycles. The molecule has 0 amide bonds. The first-order valence-electron chi connectivity index (χ1n) is 5.14. The Kier molecular flexibility index (Phi) is 3.85. The highest BCUT2D eigenvalue weighted by atomic mass is 35.5. The molecule has 1 aliphatic heterocycles. The quantitative estimate of drug-likeness (QED) is 0.858. The van der Waals surface area contributed by atoms with Gasteiger partial charge in [0.1, 0.15) is 14.8 Å². The van der Waals surface area contributed by atoms with Crippen LogP contribution in [-0.4, -0.2) is 42.4 Å². The van der Waals surface area contributed by atoms with Crippen molar-refractivity contribution in [1.82, 2.24) is 4.31 Å². The van der Waals surface area contributed by atoms with Gasteiger partial charge in [-0.25, -0.2) is 8.42 Å². The van der Waals surface area contributed by atoms with E-state index in [-0.39, 0.29) is 33.1 Å². The maximum atomic E-state index is 12.3. The van der Waals surface area contributed by atoms with E-state index in [1.165, 1.54) is 6.07 Å². The van der Waals surface area contributed by atoms with Crippen LogP contribution >= 0.6 is 34.5 Å². The molecule has 1 saturated heterocycles. The van der Waals surface area contributed by atoms with Gasteiger partial charge in [-0.05, 0) is 12.5 Å². The second kappa shape index (κ2) is 4.87. The van der Waals surface area contributed by atoms with Crippen LogP contribution in [0.3, 0.4) is 0 Å². The van der Waals surface area contributed by atoms with E-state index in [9.17, 15) is 13.2 Å². The molecule has 3 N–H and O–H groups in total. The molecule has 1 aliphatic rings. The highest BCUT2D eigenvalue weighted by Gasteiger charge is 2.46. The van der Waals surface area contributed by atoms with E-state index in [4.69, 9.17) is 34.0 Å². The van der Waals surface area contributed by atoms with Crippen LogP contribution in [0.25, 0.3) is 0 Å². The zero-order valence-electron chi connectivity index (χ0n) is 9.47. The summed E-state index contributed by atoms with van der Waals surface area (Å²) in [5.74, 6) is -1.22. The normalized spacial score (nSPS) is 24.8. The van der Waals surface area contributed by atoms with Crippen molar-refractivity contribution in [3.8, 4) is 0 Å². The van der Waals surface area contributed by atoms with E-state index < -0.39 is 21.5 Å². The fourth-order valence-corrected chi connectivity index (χ4v) is 5.44. The molecular formula is C9H10Cl2N2O4S2. The minimum atomic E-state index is -3.87. The Morgan fingerprint density at radius 2 is 2.16 bits per heavy atom. The van der Waals surface area contributed by atoms with Gasteiger partial charge in [0.25, 0.3) is 0 Å². The smallest absolute Gasteiger partial charge is 0.325 e. The van der Waals surface area contributed by atoms with Gasteiger partial charge < -0.3 is 10.8 Å². The summed E-state index contributed by atoms with van der Waals surface area (Å²) >= 11 is 12.5. The van der Waals surface area contributed by atoms with Gasteiger partial charge in [0.05, 0.1) is 4.34 Å². The Bertz CT molecular complexity index is 630. The topological polar surface area (TPSA) is 101 Å². The molecule has 10 heteroatoms. The van der Waals surface area contributed by atoms with E-state index >= 15 is 0 Å². The van der Waals surface area contributed by atoms with Crippen molar-refractivity contribution in [1.29, 1.82) is 0 Å². The zero-order valence-corrected chi connectivity index (χ0v) is 12.6. The van der Waals surface area contributed by atoms with E-state index in [0.717, 1.165) is 15.6 Å². The number of hydrogen-bond acceptors (Lipinski definition) is 5. The molecule has 1 aromatic rings. The summed E-state index contributed by atoms with van der Waals surface area (Å²) in [6.45, 7) is -0.247. The van der Waals surface area contributed by atoms with Crippen molar-refractivity contribution in [3.05, 3.63) is 14.7 Å². The third kappa shape index (κ3) is 2.61. The Balaban J connectivity index is 2.33. The predicted molar refractivity (Wildman–Crippen MR) is 72.3 cm³/mol. The second-order valence-corrected chi connectivity index (χ2v) is 8.43. The number of carboxylic acids is 1. The van der Waals surface area contributed by atoms with E-state index in [2.05, 4.69) is 0 Å². The molecule has 1 atom stereocenters. The lowest BCUT2D eigenvalue weighted by atomic mass is 10.0. The van der Waals surface area contributed by atoms with E-state index in [1.807, 2.05) is 0 Å². The molecule has 6 nitrogen and oxygen atoms in total. The maximum absolute atomic E-state index is 12.3. The zero-order chi connectivity index (χ0) is 14.4. The van der Waals surface area contributed by atoms with Gasteiger partial charge in [-0.15, -0.1) is 11.3 Å². The Hall–Kier alpha value is -0.380. The minimum Gasteiger partial charge on any atom is -0.480 e. The second-order valence-electron chi connectivity index (χ2n) is 4.24. The van der Waals surface area contributed by atoms with Crippen molar-refractivity contribution in [2.45, 2.75) is 16.9 Å². The molecule has 106 valence electrons. The maximum Gasteiger partial charge on any atom is 0.325 e. The lowest BCUT2D eigenvalue weighted by Gasteiger charge is -2.19. The number of sulfonamides is 1. The van der Waals surface area contributed by atoms with Crippen LogP contribution in [0.1, 0.15) is 6.42 Å². The number of carboxylic acid groups (broad SMARTS) is 1. The highest BCUT2D eigenvalue weighted by Crippen LogP contribution is 2.37. The van der Waals surface area contributed by atoms with Crippen LogP contribution in [0.15, 0.2) is 11.0 Å². The average Bonchev–Trinajstić information content (AvgIpc) is 2.84. The molecule has 0 bridgehead atoms. The van der Waals surface area contributed by atoms with Gasteiger partial charge in [-0.1, -0.05) is 23.2 Å². The molecule has 0 aromatic carbocycles. The number of halogens is 2. The largest absolute Gasteiger partial charge is 0.480 e. The number of carbonyl (C=O) groups is 1. The summed E-state index contributed by atoms with van der Waals surface area (Å²) in [6, 6.07) is 1.25. The average molecular weight is 345 g/mol. The summed E-state index contributed by atoms with van der Waals surface area (Å²) in [7, 11) is -3.87. The summed E-state index contributed by atoms with van der Waals surface area (Å²) in [4.78, 5) is 10.9. The van der Waals surface area contributed by atoms with Gasteiger partial charge in [0.15, 0.2) is 0 Å². The van der Waals surface area contributed by atoms with Gasteiger partial charge >= 0.3 is 5.97 Å². The number of nitrogens with two attached hydrogens (primary N) is 1. The van der Waals surface area contributed by atoms with Gasteiger partial charge in [-0.2, -0.15) is 4.31 Å². The molecule has 19 heavy (non-hydrogen) atoms. The number of nitrogens with zero attached hydrogens (tertiary/aromatic N) is 1. The minimum absolute atomic E-state index is 0.0366. The van der Waals surface area contributed by atoms with Crippen LogP contribution in [-0.2, 0) is 14.8 Å². The summed E-state index contributed by atoms with van der Waals surface area (Å²) in [5, 5.41) is 8.99. The summed E-state index contributed by atoms with van der Waals surface area (Å²) in [6.07, 6.45) is 0.0526. The number of aliphatic carboxylic acids is 1. The van der Waals surface area contributed by atoms with Crippen LogP contribution in [0.5, 0.6) is 0 Å². The molecule has 0 radical (unpaired) electrons. The van der Waals surface area contributed by atoms with Crippen molar-refractivity contribution >= 4 is 50.5 Å². The first-order valence-corrected chi connectivity index (χ1v) is 8.15. The molecule has 1 unspecified atom stereocenters. The monoisotopic (exact) mass is 344 g/mol. The SMILES string of the molecule is NC1(C(=O)O)CCN(S(=O)(=O)c2cc(Cl)sc2Cl)C1. The Morgan fingerprint density at radius 1 is 1.53 bits per heavy atom. The number of thiophene rings is 1. The summed E-state index contributed by atoms with van der Waals surface area (Å²) < 4.78 is 26.0. The summed E-state index contributed by atoms with van der Waals surface area (Å²) in [5.41, 5.74) is 4.09. The molecule has 1 fully saturated rings. The lowest BCUT2D eigenvalue weighted by molar-refractivity contribution is -0.142. The standard InChI is InChI=1S/C9H10Cl2N2O4S2/c10-6-3-5(7(11)18-6)19(16,17)13-2-1-9(12,4-13)8(14)15/h3H,1-2,4,12H2,(H,14,15). The van der Waals surface area contributed by atoms with Crippen molar-refractivity contribution < 1.29 is 18.3 Å². The molecule has 0 aliphatic carbocycles. The highest BCUT2D eigenvalue weighted by molar-refractivity contribution is 7.89. The van der Waals surface area contributed by atoms with Gasteiger partial charge in [0.2, 0.25) is 10.0 Å². The van der Waals surface area contributed by atoms with Gasteiger partial charge in [-0.3, -0.25) is 4.79 Å². The third-order valence-electron chi connectivity index (χ3n) is 2.93. The fourth-order valence-electron chi connectivity index (χ4n) is 1.82. The first-order chi connectivity index (χ1) is 8.67. The number of hydrogen-bond donors (Lipinski definition) is 2. The first kappa shape index (κ1) is 15.0. The van der Waals surface area contributed by atoms with Crippen molar-refractivity contribution in [3.63, 3.8) is 0 Å². The van der Waals surface area contributed by atoms with E-state index in [0.29, 0.717) is 0 Å². The van der Waals surface area contributed by atoms with Gasteiger partial charge in [0, 0.05) is 13.1 Å². The number of rotatable bonds is 3. The molecule has 0 spiro atoms. The fraction of sp³-hybridized carbons (Fsp3) is 0.444. The Morgan fingerprint density at radius 3 is 2.58 bits per heavy atom. The van der Waals surface area contributed by atoms with Crippen LogP contribution in [0.2, 0.25) is 8.67 Å². The Labute approximate surface area is 123 Å². The lowest BCUT2D eigenvalue weighted by Crippen LogP contribution is -2.50.